The number of H-pyrrole nitrogens is 1. The third kappa shape index (κ3) is 2.39. The number of benzene rings is 2. The average Bonchev–Trinajstić information content (AvgIpc) is 2.95. The molecule has 0 fully saturated rings. The summed E-state index contributed by atoms with van der Waals surface area (Å²) in [6.45, 7) is 2.87. The second-order valence-electron chi connectivity index (χ2n) is 4.84. The lowest BCUT2D eigenvalue weighted by atomic mass is 10.0. The van der Waals surface area contributed by atoms with E-state index >= 15 is 0 Å². The Balaban J connectivity index is 2.01. The second-order valence-corrected chi connectivity index (χ2v) is 4.84. The van der Waals surface area contributed by atoms with Gasteiger partial charge in [0.25, 0.3) is 0 Å². The van der Waals surface area contributed by atoms with Crippen molar-refractivity contribution in [1.29, 1.82) is 0 Å². The van der Waals surface area contributed by atoms with E-state index < -0.39 is 0 Å². The molecule has 0 aliphatic rings. The Kier molecular flexibility index (Phi) is 3.68. The van der Waals surface area contributed by atoms with Gasteiger partial charge < -0.3 is 4.74 Å². The third-order valence-electron chi connectivity index (χ3n) is 3.43. The van der Waals surface area contributed by atoms with Crippen LogP contribution in [0.3, 0.4) is 0 Å². The number of aromatic nitrogens is 2. The van der Waals surface area contributed by atoms with Crippen LogP contribution in [0.5, 0.6) is 5.88 Å². The van der Waals surface area contributed by atoms with Crippen LogP contribution in [0.15, 0.2) is 48.7 Å². The van der Waals surface area contributed by atoms with Gasteiger partial charge in [0.1, 0.15) is 0 Å². The predicted molar refractivity (Wildman–Crippen MR) is 81.9 cm³/mol. The van der Waals surface area contributed by atoms with Gasteiger partial charge in [-0.05, 0) is 22.8 Å². The van der Waals surface area contributed by atoms with E-state index in [2.05, 4.69) is 59.6 Å². The number of hydrogen-bond acceptors (Lipinski definition) is 2. The summed E-state index contributed by atoms with van der Waals surface area (Å²) in [6, 6.07) is 14.7. The molecule has 1 heterocycles. The van der Waals surface area contributed by atoms with Gasteiger partial charge in [-0.2, -0.15) is 5.10 Å². The quantitative estimate of drug-likeness (QED) is 0.695. The van der Waals surface area contributed by atoms with Crippen molar-refractivity contribution in [2.75, 3.05) is 6.61 Å². The van der Waals surface area contributed by atoms with E-state index in [4.69, 9.17) is 4.74 Å². The highest BCUT2D eigenvalue weighted by atomic mass is 16.5. The Bertz CT molecular complexity index is 698. The normalized spacial score (nSPS) is 10.8. The topological polar surface area (TPSA) is 37.9 Å². The number of nitrogens with zero attached hydrogens (tertiary/aromatic N) is 1. The van der Waals surface area contributed by atoms with Gasteiger partial charge in [-0.1, -0.05) is 55.8 Å². The highest BCUT2D eigenvalue weighted by Crippen LogP contribution is 2.33. The average molecular weight is 266 g/mol. The standard InChI is InChI=1S/C17H18N2O/c1-2-3-11-20-17-16(12-18-19-17)15-10-6-8-13-7-4-5-9-14(13)15/h4-10,12H,2-3,11H2,1H3,(H,18,19). The smallest absolute Gasteiger partial charge is 0.217 e. The number of rotatable bonds is 5. The van der Waals surface area contributed by atoms with Crippen LogP contribution in [-0.2, 0) is 0 Å². The molecule has 0 aliphatic carbocycles. The van der Waals surface area contributed by atoms with Crippen molar-refractivity contribution in [3.8, 4) is 17.0 Å². The molecule has 0 saturated heterocycles. The van der Waals surface area contributed by atoms with Crippen molar-refractivity contribution in [2.24, 2.45) is 0 Å². The van der Waals surface area contributed by atoms with Crippen molar-refractivity contribution >= 4 is 10.8 Å². The highest BCUT2D eigenvalue weighted by molar-refractivity contribution is 5.97. The SMILES string of the molecule is CCCCOc1[nH]ncc1-c1cccc2ccccc12. The van der Waals surface area contributed by atoms with Gasteiger partial charge in [0.05, 0.1) is 18.4 Å². The molecule has 3 nitrogen and oxygen atoms in total. The van der Waals surface area contributed by atoms with Gasteiger partial charge in [0.2, 0.25) is 5.88 Å². The molecule has 1 N–H and O–H groups in total. The number of unbranched alkanes of at least 4 members (excludes halogenated alkanes) is 1. The third-order valence-corrected chi connectivity index (χ3v) is 3.43. The van der Waals surface area contributed by atoms with Crippen LogP contribution in [0.4, 0.5) is 0 Å². The molecule has 102 valence electrons. The molecule has 1 aromatic heterocycles. The molecule has 0 radical (unpaired) electrons. The van der Waals surface area contributed by atoms with E-state index in [0.717, 1.165) is 36.5 Å². The minimum absolute atomic E-state index is 0.719. The van der Waals surface area contributed by atoms with E-state index in [1.807, 2.05) is 6.20 Å². The minimum Gasteiger partial charge on any atom is -0.478 e. The fourth-order valence-corrected chi connectivity index (χ4v) is 2.36. The van der Waals surface area contributed by atoms with Gasteiger partial charge >= 0.3 is 0 Å². The molecule has 0 saturated carbocycles. The fraction of sp³-hybridized carbons (Fsp3) is 0.235. The van der Waals surface area contributed by atoms with Crippen molar-refractivity contribution in [2.45, 2.75) is 19.8 Å². The maximum atomic E-state index is 5.80. The van der Waals surface area contributed by atoms with Crippen molar-refractivity contribution in [3.63, 3.8) is 0 Å². The lowest BCUT2D eigenvalue weighted by molar-refractivity contribution is 0.298. The zero-order valence-corrected chi connectivity index (χ0v) is 11.6. The summed E-state index contributed by atoms with van der Waals surface area (Å²) in [5.74, 6) is 0.759. The van der Waals surface area contributed by atoms with E-state index in [0.29, 0.717) is 0 Å². The summed E-state index contributed by atoms with van der Waals surface area (Å²) in [5.41, 5.74) is 2.18. The molecule has 2 aromatic carbocycles. The van der Waals surface area contributed by atoms with Crippen LogP contribution in [0, 0.1) is 0 Å². The molecule has 0 unspecified atom stereocenters. The van der Waals surface area contributed by atoms with E-state index in [9.17, 15) is 0 Å². The summed E-state index contributed by atoms with van der Waals surface area (Å²) < 4.78 is 5.80. The molecule has 3 aromatic rings. The van der Waals surface area contributed by atoms with Gasteiger partial charge in [0, 0.05) is 0 Å². The number of aromatic amines is 1. The maximum Gasteiger partial charge on any atom is 0.217 e. The highest BCUT2D eigenvalue weighted by Gasteiger charge is 2.11. The minimum atomic E-state index is 0.719. The Morgan fingerprint density at radius 2 is 1.90 bits per heavy atom. The zero-order chi connectivity index (χ0) is 13.8. The summed E-state index contributed by atoms with van der Waals surface area (Å²) in [7, 11) is 0. The van der Waals surface area contributed by atoms with Gasteiger partial charge in [-0.15, -0.1) is 0 Å². The largest absolute Gasteiger partial charge is 0.478 e. The molecule has 0 atom stereocenters. The Labute approximate surface area is 118 Å². The fourth-order valence-electron chi connectivity index (χ4n) is 2.36. The first kappa shape index (κ1) is 12.7. The number of ether oxygens (including phenoxy) is 1. The number of fused-ring (bicyclic) bond motifs is 1. The molecule has 3 rings (SSSR count). The van der Waals surface area contributed by atoms with Gasteiger partial charge in [-0.25, -0.2) is 5.10 Å². The monoisotopic (exact) mass is 266 g/mol. The first-order valence-corrected chi connectivity index (χ1v) is 7.04. The summed E-state index contributed by atoms with van der Waals surface area (Å²) in [5, 5.41) is 9.54. The zero-order valence-electron chi connectivity index (χ0n) is 11.6. The van der Waals surface area contributed by atoms with Gasteiger partial charge in [-0.3, -0.25) is 0 Å². The molecule has 0 aliphatic heterocycles. The summed E-state index contributed by atoms with van der Waals surface area (Å²) in [4.78, 5) is 0. The van der Waals surface area contributed by atoms with Gasteiger partial charge in [0.15, 0.2) is 0 Å². The van der Waals surface area contributed by atoms with E-state index in [1.54, 1.807) is 0 Å². The second kappa shape index (κ2) is 5.78. The van der Waals surface area contributed by atoms with Crippen LogP contribution >= 0.6 is 0 Å². The summed E-state index contributed by atoms with van der Waals surface area (Å²) in [6.07, 6.45) is 4.01. The van der Waals surface area contributed by atoms with Crippen LogP contribution in [0.2, 0.25) is 0 Å². The van der Waals surface area contributed by atoms with Crippen LogP contribution in [0.25, 0.3) is 21.9 Å². The number of nitrogens with one attached hydrogen (secondary N) is 1. The Hall–Kier alpha value is -2.29. The lowest BCUT2D eigenvalue weighted by Crippen LogP contribution is -1.98. The molecular weight excluding hydrogens is 248 g/mol. The van der Waals surface area contributed by atoms with Crippen LogP contribution < -0.4 is 4.74 Å². The molecule has 0 bridgehead atoms. The number of hydrogen-bond donors (Lipinski definition) is 1. The molecule has 0 amide bonds. The molecule has 20 heavy (non-hydrogen) atoms. The molecule has 3 heteroatoms. The van der Waals surface area contributed by atoms with E-state index in [1.165, 1.54) is 10.8 Å². The first-order chi connectivity index (χ1) is 9.90. The van der Waals surface area contributed by atoms with Crippen molar-refractivity contribution < 1.29 is 4.74 Å². The summed E-state index contributed by atoms with van der Waals surface area (Å²) >= 11 is 0. The van der Waals surface area contributed by atoms with E-state index in [-0.39, 0.29) is 0 Å². The lowest BCUT2D eigenvalue weighted by Gasteiger charge is -2.08. The first-order valence-electron chi connectivity index (χ1n) is 7.04. The Morgan fingerprint density at radius 3 is 2.80 bits per heavy atom. The predicted octanol–water partition coefficient (Wildman–Crippen LogP) is 4.41. The molecule has 0 spiro atoms. The Morgan fingerprint density at radius 1 is 1.05 bits per heavy atom. The van der Waals surface area contributed by atoms with Crippen molar-refractivity contribution in [1.82, 2.24) is 10.2 Å². The van der Waals surface area contributed by atoms with Crippen LogP contribution in [-0.4, -0.2) is 16.8 Å². The molecular formula is C17H18N2O. The van der Waals surface area contributed by atoms with Crippen LogP contribution in [0.1, 0.15) is 19.8 Å². The maximum absolute atomic E-state index is 5.80. The van der Waals surface area contributed by atoms with Crippen molar-refractivity contribution in [3.05, 3.63) is 48.7 Å².